The van der Waals surface area contributed by atoms with Gasteiger partial charge < -0.3 is 4.42 Å². The molecule has 0 aliphatic carbocycles. The molecule has 0 radical (unpaired) electrons. The lowest BCUT2D eigenvalue weighted by Gasteiger charge is -2.02. The van der Waals surface area contributed by atoms with Crippen LogP contribution in [0.15, 0.2) is 46.0 Å². The summed E-state index contributed by atoms with van der Waals surface area (Å²) in [5.41, 5.74) is 2.47. The second-order valence-electron chi connectivity index (χ2n) is 4.25. The van der Waals surface area contributed by atoms with Crippen molar-refractivity contribution in [1.82, 2.24) is 20.0 Å². The van der Waals surface area contributed by atoms with E-state index in [1.165, 1.54) is 6.26 Å². The molecule has 0 saturated carbocycles. The Hall–Kier alpha value is -2.28. The summed E-state index contributed by atoms with van der Waals surface area (Å²) >= 11 is 0. The number of nitrogens with zero attached hydrogens (tertiary/aromatic N) is 4. The summed E-state index contributed by atoms with van der Waals surface area (Å²) in [4.78, 5) is 0. The first kappa shape index (κ1) is 12.7. The Morgan fingerprint density at radius 2 is 1.95 bits per heavy atom. The number of para-hydroxylation sites is 1. The summed E-state index contributed by atoms with van der Waals surface area (Å²) in [5.74, 6) is 0.271. The first-order valence-corrected chi connectivity index (χ1v) is 7.50. The Morgan fingerprint density at radius 3 is 2.60 bits per heavy atom. The van der Waals surface area contributed by atoms with Crippen molar-refractivity contribution in [1.29, 1.82) is 0 Å². The van der Waals surface area contributed by atoms with Gasteiger partial charge in [-0.05, 0) is 25.1 Å². The molecule has 3 aromatic rings. The lowest BCUT2D eigenvalue weighted by atomic mass is 10.3. The molecule has 0 spiro atoms. The topological polar surface area (TPSA) is 73.8 Å². The summed E-state index contributed by atoms with van der Waals surface area (Å²) in [6.45, 7) is 1.94. The summed E-state index contributed by atoms with van der Waals surface area (Å²) in [7, 11) is -1.29. The van der Waals surface area contributed by atoms with Gasteiger partial charge in [-0.1, -0.05) is 23.3 Å². The van der Waals surface area contributed by atoms with Crippen LogP contribution in [0.1, 0.15) is 5.69 Å². The molecule has 0 amide bonds. The summed E-state index contributed by atoms with van der Waals surface area (Å²) in [6, 6.07) is 11.6. The van der Waals surface area contributed by atoms with Crippen LogP contribution in [-0.2, 0) is 10.8 Å². The first-order valence-electron chi connectivity index (χ1n) is 5.94. The molecule has 1 unspecified atom stereocenters. The van der Waals surface area contributed by atoms with E-state index in [9.17, 15) is 4.21 Å². The molecular formula is C13H12N4O2S. The molecule has 20 heavy (non-hydrogen) atoms. The molecule has 102 valence electrons. The van der Waals surface area contributed by atoms with E-state index < -0.39 is 10.8 Å². The minimum absolute atomic E-state index is 0.104. The highest BCUT2D eigenvalue weighted by atomic mass is 32.2. The molecule has 2 heterocycles. The second-order valence-corrected chi connectivity index (χ2v) is 5.50. The molecule has 0 aliphatic heterocycles. The van der Waals surface area contributed by atoms with Crippen molar-refractivity contribution in [3.63, 3.8) is 0 Å². The maximum Gasteiger partial charge on any atom is 0.307 e. The van der Waals surface area contributed by atoms with Gasteiger partial charge in [-0.2, -0.15) is 5.10 Å². The number of hydrogen-bond acceptors (Lipinski definition) is 5. The van der Waals surface area contributed by atoms with Crippen molar-refractivity contribution < 1.29 is 8.63 Å². The van der Waals surface area contributed by atoms with Crippen LogP contribution >= 0.6 is 0 Å². The van der Waals surface area contributed by atoms with Gasteiger partial charge in [0.2, 0.25) is 0 Å². The van der Waals surface area contributed by atoms with Crippen LogP contribution < -0.4 is 0 Å². The van der Waals surface area contributed by atoms with Crippen LogP contribution in [0.3, 0.4) is 0 Å². The van der Waals surface area contributed by atoms with Gasteiger partial charge in [-0.25, -0.2) is 8.89 Å². The number of hydrogen-bond donors (Lipinski definition) is 0. The molecule has 0 bridgehead atoms. The zero-order chi connectivity index (χ0) is 14.1. The monoisotopic (exact) mass is 288 g/mol. The maximum absolute atomic E-state index is 11.3. The lowest BCUT2D eigenvalue weighted by Crippen LogP contribution is -1.98. The van der Waals surface area contributed by atoms with Crippen molar-refractivity contribution in [3.05, 3.63) is 42.1 Å². The van der Waals surface area contributed by atoms with E-state index in [2.05, 4.69) is 15.3 Å². The van der Waals surface area contributed by atoms with Crippen LogP contribution in [0.4, 0.5) is 0 Å². The largest absolute Gasteiger partial charge is 0.408 e. The smallest absolute Gasteiger partial charge is 0.307 e. The van der Waals surface area contributed by atoms with E-state index in [1.54, 1.807) is 4.68 Å². The Kier molecular flexibility index (Phi) is 3.19. The second kappa shape index (κ2) is 5.01. The zero-order valence-electron chi connectivity index (χ0n) is 11.0. The molecule has 0 fully saturated rings. The maximum atomic E-state index is 11.3. The van der Waals surface area contributed by atoms with Crippen molar-refractivity contribution in [2.45, 2.75) is 12.1 Å². The number of rotatable bonds is 3. The Morgan fingerprint density at radius 1 is 1.20 bits per heavy atom. The highest BCUT2D eigenvalue weighted by molar-refractivity contribution is 7.84. The predicted octanol–water partition coefficient (Wildman–Crippen LogP) is 1.97. The molecule has 1 aromatic carbocycles. The molecule has 0 N–H and O–H groups in total. The molecule has 1 atom stereocenters. The summed E-state index contributed by atoms with van der Waals surface area (Å²) in [5, 5.41) is 12.2. The average molecular weight is 288 g/mol. The van der Waals surface area contributed by atoms with Gasteiger partial charge in [-0.15, -0.1) is 5.10 Å². The first-order chi connectivity index (χ1) is 9.65. The highest BCUT2D eigenvalue weighted by Crippen LogP contribution is 2.20. The average Bonchev–Trinajstić information content (AvgIpc) is 3.06. The van der Waals surface area contributed by atoms with Crippen LogP contribution in [0.2, 0.25) is 0 Å². The normalized spacial score (nSPS) is 12.5. The number of benzene rings is 1. The minimum atomic E-state index is -1.29. The van der Waals surface area contributed by atoms with Gasteiger partial charge >= 0.3 is 5.22 Å². The number of aryl methyl sites for hydroxylation is 1. The quantitative estimate of drug-likeness (QED) is 0.736. The van der Waals surface area contributed by atoms with Crippen molar-refractivity contribution in [2.24, 2.45) is 0 Å². The third-order valence-corrected chi connectivity index (χ3v) is 3.42. The Labute approximate surface area is 117 Å². The van der Waals surface area contributed by atoms with Crippen molar-refractivity contribution in [2.75, 3.05) is 6.26 Å². The zero-order valence-corrected chi connectivity index (χ0v) is 11.8. The molecule has 0 saturated heterocycles. The van der Waals surface area contributed by atoms with E-state index in [0.29, 0.717) is 5.69 Å². The highest BCUT2D eigenvalue weighted by Gasteiger charge is 2.15. The van der Waals surface area contributed by atoms with E-state index in [1.807, 2.05) is 43.3 Å². The van der Waals surface area contributed by atoms with Gasteiger partial charge in [-0.3, -0.25) is 0 Å². The van der Waals surface area contributed by atoms with Gasteiger partial charge in [0.1, 0.15) is 16.5 Å². The molecule has 0 aliphatic rings. The van der Waals surface area contributed by atoms with Crippen LogP contribution in [0, 0.1) is 6.92 Å². The van der Waals surface area contributed by atoms with E-state index in [-0.39, 0.29) is 11.1 Å². The molecule has 7 heteroatoms. The van der Waals surface area contributed by atoms with Crippen LogP contribution in [0.25, 0.3) is 17.3 Å². The van der Waals surface area contributed by atoms with E-state index >= 15 is 0 Å². The fraction of sp³-hybridized carbons (Fsp3) is 0.154. The lowest BCUT2D eigenvalue weighted by molar-refractivity contribution is 0.455. The van der Waals surface area contributed by atoms with E-state index in [4.69, 9.17) is 4.42 Å². The molecule has 3 rings (SSSR count). The Bertz CT molecular complexity index is 764. The predicted molar refractivity (Wildman–Crippen MR) is 73.9 cm³/mol. The molecule has 6 nitrogen and oxygen atoms in total. The molecule has 2 aromatic heterocycles. The Balaban J connectivity index is 2.02. The fourth-order valence-corrected chi connectivity index (χ4v) is 2.19. The standard InChI is InChI=1S/C13H12N4O2S/c1-9-8-11(12-14-15-13(19-12)20(2)18)16-17(9)10-6-4-3-5-7-10/h3-8H,1-2H3. The van der Waals surface area contributed by atoms with Gasteiger partial charge in [0.15, 0.2) is 0 Å². The van der Waals surface area contributed by atoms with Crippen LogP contribution in [-0.4, -0.2) is 30.4 Å². The van der Waals surface area contributed by atoms with Crippen molar-refractivity contribution >= 4 is 10.8 Å². The third kappa shape index (κ3) is 2.27. The van der Waals surface area contributed by atoms with Gasteiger partial charge in [0, 0.05) is 11.9 Å². The van der Waals surface area contributed by atoms with Crippen LogP contribution in [0.5, 0.6) is 0 Å². The summed E-state index contributed by atoms with van der Waals surface area (Å²) < 4.78 is 18.4. The van der Waals surface area contributed by atoms with E-state index in [0.717, 1.165) is 11.4 Å². The van der Waals surface area contributed by atoms with Gasteiger partial charge in [0.05, 0.1) is 5.69 Å². The van der Waals surface area contributed by atoms with Crippen molar-refractivity contribution in [3.8, 4) is 17.3 Å². The SMILES string of the molecule is Cc1cc(-c2nnc(S(C)=O)o2)nn1-c1ccccc1. The molecular weight excluding hydrogens is 276 g/mol. The van der Waals surface area contributed by atoms with Gasteiger partial charge in [0.25, 0.3) is 5.89 Å². The summed E-state index contributed by atoms with van der Waals surface area (Å²) in [6.07, 6.45) is 1.49. The minimum Gasteiger partial charge on any atom is -0.408 e. The fourth-order valence-electron chi connectivity index (χ4n) is 1.84. The number of aromatic nitrogens is 4. The third-order valence-electron chi connectivity index (χ3n) is 2.76.